The SMILES string of the molecule is CC(C)(C)OC(=O)N1CCC(C2CCN(c3ccnc(C(F)(F)F)n3)CC2)CC1.CC(C)(C)OC(=O)N1CCC(C2CCNCC2)CC1.FC(F)(F)c1nccc(Br)n1. The van der Waals surface area contributed by atoms with E-state index in [0.29, 0.717) is 43.8 Å². The van der Waals surface area contributed by atoms with Gasteiger partial charge in [-0.2, -0.15) is 26.3 Å². The second-order valence-corrected chi connectivity index (χ2v) is 18.3. The molecule has 4 aliphatic rings. The first-order valence-corrected chi connectivity index (χ1v) is 21.2. The van der Waals surface area contributed by atoms with Crippen molar-refractivity contribution < 1.29 is 45.4 Å². The summed E-state index contributed by atoms with van der Waals surface area (Å²) in [5.74, 6) is 0.842. The van der Waals surface area contributed by atoms with Crippen molar-refractivity contribution in [1.82, 2.24) is 35.1 Å². The third kappa shape index (κ3) is 16.1. The number of likely N-dealkylation sites (tertiary alicyclic amines) is 2. The molecule has 0 spiro atoms. The maximum Gasteiger partial charge on any atom is 0.451 e. The van der Waals surface area contributed by atoms with Gasteiger partial charge >= 0.3 is 24.5 Å². The van der Waals surface area contributed by atoms with Gasteiger partial charge in [0.25, 0.3) is 0 Å². The number of aromatic nitrogens is 4. The van der Waals surface area contributed by atoms with Crippen LogP contribution in [0.4, 0.5) is 41.7 Å². The van der Waals surface area contributed by atoms with Gasteiger partial charge in [0.2, 0.25) is 11.6 Å². The minimum atomic E-state index is -4.53. The molecule has 332 valence electrons. The summed E-state index contributed by atoms with van der Waals surface area (Å²) in [4.78, 5) is 42.9. The fraction of sp³-hybridized carbons (Fsp3) is 0.750. The Kier molecular flexibility index (Phi) is 17.0. The summed E-state index contributed by atoms with van der Waals surface area (Å²) in [6.07, 6.45) is 1.42. The molecule has 1 N–H and O–H groups in total. The molecule has 0 aliphatic carbocycles. The van der Waals surface area contributed by atoms with Gasteiger partial charge in [-0.05, 0) is 158 Å². The molecule has 2 aromatic rings. The van der Waals surface area contributed by atoms with Gasteiger partial charge in [-0.1, -0.05) is 0 Å². The van der Waals surface area contributed by atoms with Crippen molar-refractivity contribution in [2.24, 2.45) is 23.7 Å². The van der Waals surface area contributed by atoms with Crippen LogP contribution in [0.1, 0.15) is 105 Å². The lowest BCUT2D eigenvalue weighted by Gasteiger charge is -2.40. The van der Waals surface area contributed by atoms with Crippen molar-refractivity contribution in [3.8, 4) is 0 Å². The molecule has 6 heterocycles. The van der Waals surface area contributed by atoms with E-state index < -0.39 is 29.6 Å². The molecule has 4 saturated heterocycles. The molecule has 0 aromatic carbocycles. The van der Waals surface area contributed by atoms with E-state index >= 15 is 0 Å². The fourth-order valence-corrected chi connectivity index (χ4v) is 8.10. The molecule has 19 heteroatoms. The third-order valence-corrected chi connectivity index (χ3v) is 11.2. The third-order valence-electron chi connectivity index (χ3n) is 10.7. The van der Waals surface area contributed by atoms with Crippen molar-refractivity contribution >= 4 is 33.9 Å². The molecule has 59 heavy (non-hydrogen) atoms. The van der Waals surface area contributed by atoms with Crippen molar-refractivity contribution in [2.75, 3.05) is 57.3 Å². The Hall–Kier alpha value is -3.48. The molecule has 0 bridgehead atoms. The number of anilines is 1. The molecule has 0 atom stereocenters. The van der Waals surface area contributed by atoms with Crippen LogP contribution in [0.5, 0.6) is 0 Å². The normalized spacial score (nSPS) is 19.6. The van der Waals surface area contributed by atoms with Crippen molar-refractivity contribution in [1.29, 1.82) is 0 Å². The van der Waals surface area contributed by atoms with E-state index in [1.54, 1.807) is 4.90 Å². The molecule has 6 rings (SSSR count). The average Bonchev–Trinajstić information content (AvgIpc) is 3.17. The minimum absolute atomic E-state index is 0.125. The number of carbonyl (C=O) groups is 2. The van der Waals surface area contributed by atoms with E-state index in [-0.39, 0.29) is 22.4 Å². The number of nitrogens with one attached hydrogen (secondary N) is 1. The van der Waals surface area contributed by atoms with E-state index in [1.807, 2.05) is 51.3 Å². The maximum atomic E-state index is 12.8. The monoisotopic (exact) mass is 908 g/mol. The fourth-order valence-electron chi connectivity index (χ4n) is 7.81. The number of ether oxygens (including phenoxy) is 2. The molecular formula is C40H59BrF6N8O4. The Morgan fingerprint density at radius 2 is 0.983 bits per heavy atom. The van der Waals surface area contributed by atoms with Gasteiger partial charge in [-0.25, -0.2) is 29.5 Å². The molecule has 4 aliphatic heterocycles. The summed E-state index contributed by atoms with van der Waals surface area (Å²) in [5, 5.41) is 3.42. The number of nitrogens with zero attached hydrogens (tertiary/aromatic N) is 7. The van der Waals surface area contributed by atoms with Gasteiger partial charge in [0.1, 0.15) is 21.6 Å². The molecular weight excluding hydrogens is 850 g/mol. The lowest BCUT2D eigenvalue weighted by Crippen LogP contribution is -2.44. The summed E-state index contributed by atoms with van der Waals surface area (Å²) in [6, 6.07) is 2.87. The summed E-state index contributed by atoms with van der Waals surface area (Å²) in [5.41, 5.74) is -0.878. The summed E-state index contributed by atoms with van der Waals surface area (Å²) >= 11 is 2.80. The Balaban J connectivity index is 0.000000219. The number of alkyl halides is 6. The number of rotatable bonds is 3. The van der Waals surface area contributed by atoms with E-state index in [4.69, 9.17) is 9.47 Å². The van der Waals surface area contributed by atoms with Crippen LogP contribution in [-0.4, -0.2) is 105 Å². The van der Waals surface area contributed by atoms with E-state index in [1.165, 1.54) is 31.2 Å². The lowest BCUT2D eigenvalue weighted by atomic mass is 9.79. The summed E-state index contributed by atoms with van der Waals surface area (Å²) in [6.45, 7) is 18.2. The van der Waals surface area contributed by atoms with E-state index in [0.717, 1.165) is 82.7 Å². The Labute approximate surface area is 351 Å². The number of hydrogen-bond acceptors (Lipinski definition) is 10. The zero-order chi connectivity index (χ0) is 43.6. The molecule has 4 fully saturated rings. The minimum Gasteiger partial charge on any atom is -0.444 e. The molecule has 2 aromatic heterocycles. The van der Waals surface area contributed by atoms with E-state index in [9.17, 15) is 35.9 Å². The average molecular weight is 910 g/mol. The first-order valence-electron chi connectivity index (χ1n) is 20.4. The van der Waals surface area contributed by atoms with Crippen LogP contribution in [0.2, 0.25) is 0 Å². The van der Waals surface area contributed by atoms with Gasteiger partial charge < -0.3 is 29.5 Å². The van der Waals surface area contributed by atoms with Gasteiger partial charge in [-0.3, -0.25) is 0 Å². The predicted molar refractivity (Wildman–Crippen MR) is 213 cm³/mol. The van der Waals surface area contributed by atoms with Crippen molar-refractivity contribution in [3.63, 3.8) is 0 Å². The highest BCUT2D eigenvalue weighted by molar-refractivity contribution is 9.10. The quantitative estimate of drug-likeness (QED) is 0.235. The smallest absolute Gasteiger partial charge is 0.444 e. The van der Waals surface area contributed by atoms with Gasteiger partial charge in [-0.15, -0.1) is 0 Å². The van der Waals surface area contributed by atoms with Crippen LogP contribution < -0.4 is 10.2 Å². The zero-order valence-corrected chi connectivity index (χ0v) is 36.4. The number of carbonyl (C=O) groups excluding carboxylic acids is 2. The summed E-state index contributed by atoms with van der Waals surface area (Å²) < 4.78 is 85.0. The first kappa shape index (κ1) is 48.2. The standard InChI is InChI=1S/C20H29F3N4O2.C15H28N2O2.C5H2BrF3N2/c1-19(2,3)29-18(28)27-12-7-15(8-13-27)14-5-10-26(11-6-14)16-4-9-24-17(25-16)20(21,22)23;1-15(2,3)19-14(18)17-10-6-13(7-11-17)12-4-8-16-9-5-12;6-3-1-2-10-4(11-3)5(7,8)9/h4,9,14-15H,5-8,10-13H2,1-3H3;12-13,16H,4-11H2,1-3H3;1-2H. The predicted octanol–water partition coefficient (Wildman–Crippen LogP) is 9.25. The number of halogens is 7. The second kappa shape index (κ2) is 20.9. The maximum absolute atomic E-state index is 12.8. The highest BCUT2D eigenvalue weighted by Gasteiger charge is 2.37. The number of hydrogen-bond donors (Lipinski definition) is 1. The zero-order valence-electron chi connectivity index (χ0n) is 34.8. The highest BCUT2D eigenvalue weighted by atomic mass is 79.9. The van der Waals surface area contributed by atoms with Crippen LogP contribution in [-0.2, 0) is 21.8 Å². The number of amides is 2. The number of piperidine rings is 4. The largest absolute Gasteiger partial charge is 0.451 e. The second-order valence-electron chi connectivity index (χ2n) is 17.5. The van der Waals surface area contributed by atoms with Gasteiger partial charge in [0, 0.05) is 51.7 Å². The Morgan fingerprint density at radius 3 is 1.36 bits per heavy atom. The van der Waals surface area contributed by atoms with E-state index in [2.05, 4.69) is 41.2 Å². The van der Waals surface area contributed by atoms with Crippen LogP contribution in [0.15, 0.2) is 29.1 Å². The first-order chi connectivity index (χ1) is 27.5. The molecule has 0 saturated carbocycles. The van der Waals surface area contributed by atoms with Crippen LogP contribution >= 0.6 is 15.9 Å². The Bertz CT molecular complexity index is 1630. The van der Waals surface area contributed by atoms with Crippen molar-refractivity contribution in [2.45, 2.75) is 116 Å². The Morgan fingerprint density at radius 1 is 0.610 bits per heavy atom. The van der Waals surface area contributed by atoms with Crippen LogP contribution in [0, 0.1) is 23.7 Å². The van der Waals surface area contributed by atoms with Crippen molar-refractivity contribution in [3.05, 3.63) is 40.8 Å². The lowest BCUT2D eigenvalue weighted by molar-refractivity contribution is -0.145. The molecule has 0 unspecified atom stereocenters. The summed E-state index contributed by atoms with van der Waals surface area (Å²) in [7, 11) is 0. The molecule has 0 radical (unpaired) electrons. The highest BCUT2D eigenvalue weighted by Crippen LogP contribution is 2.35. The topological polar surface area (TPSA) is 126 Å². The van der Waals surface area contributed by atoms with Crippen LogP contribution in [0.25, 0.3) is 0 Å². The van der Waals surface area contributed by atoms with Gasteiger partial charge in [0.15, 0.2) is 0 Å². The van der Waals surface area contributed by atoms with Gasteiger partial charge in [0.05, 0.1) is 0 Å². The van der Waals surface area contributed by atoms with Crippen LogP contribution in [0.3, 0.4) is 0 Å². The molecule has 2 amide bonds. The molecule has 12 nitrogen and oxygen atoms in total.